The van der Waals surface area contributed by atoms with Crippen molar-refractivity contribution >= 4 is 35.0 Å². The first-order valence-electron chi connectivity index (χ1n) is 9.15. The van der Waals surface area contributed by atoms with Gasteiger partial charge in [0.1, 0.15) is 11.9 Å². The van der Waals surface area contributed by atoms with Gasteiger partial charge >= 0.3 is 0 Å². The van der Waals surface area contributed by atoms with E-state index < -0.39 is 11.9 Å². The molecule has 1 saturated heterocycles. The molecule has 1 N–H and O–H groups in total. The fourth-order valence-corrected chi connectivity index (χ4v) is 3.61. The number of hydrogen-bond acceptors (Lipinski definition) is 3. The quantitative estimate of drug-likeness (QED) is 0.731. The van der Waals surface area contributed by atoms with Crippen LogP contribution in [0.25, 0.3) is 0 Å². The predicted octanol–water partition coefficient (Wildman–Crippen LogP) is 4.08. The van der Waals surface area contributed by atoms with Crippen LogP contribution >= 0.6 is 23.2 Å². The second-order valence-corrected chi connectivity index (χ2v) is 7.78. The van der Waals surface area contributed by atoms with Crippen LogP contribution in [0.4, 0.5) is 4.39 Å². The third kappa shape index (κ3) is 5.07. The topological polar surface area (TPSA) is 58.6 Å². The van der Waals surface area contributed by atoms with E-state index in [9.17, 15) is 14.0 Å². The Morgan fingerprint density at radius 1 is 1.17 bits per heavy atom. The van der Waals surface area contributed by atoms with Gasteiger partial charge in [-0.1, -0.05) is 29.3 Å². The van der Waals surface area contributed by atoms with Crippen molar-refractivity contribution < 1.29 is 18.7 Å². The summed E-state index contributed by atoms with van der Waals surface area (Å²) in [6, 6.07) is 7.93. The van der Waals surface area contributed by atoms with E-state index in [1.165, 1.54) is 12.1 Å². The van der Waals surface area contributed by atoms with Crippen LogP contribution in [0.15, 0.2) is 30.3 Å². The van der Waals surface area contributed by atoms with Crippen molar-refractivity contribution in [3.8, 4) is 0 Å². The lowest BCUT2D eigenvalue weighted by Crippen LogP contribution is -2.46. The summed E-state index contributed by atoms with van der Waals surface area (Å²) in [6.45, 7) is 4.62. The van der Waals surface area contributed by atoms with Gasteiger partial charge in [0, 0.05) is 22.7 Å². The van der Waals surface area contributed by atoms with Gasteiger partial charge in [0.15, 0.2) is 0 Å². The summed E-state index contributed by atoms with van der Waals surface area (Å²) in [6.07, 6.45) is -0.567. The molecule has 1 heterocycles. The first kappa shape index (κ1) is 21.6. The van der Waals surface area contributed by atoms with E-state index in [0.29, 0.717) is 17.7 Å². The maximum absolute atomic E-state index is 13.8. The standard InChI is InChI=1S/C21H21Cl2FN2O3/c1-12-3-4-14(7-13(12)2)21(28)25-10-20(27)26-5-6-29-19(11-26)15-8-18(24)17(23)9-16(15)22/h3-4,7-9,19H,5-6,10-11H2,1-2H3,(H,25,28). The fourth-order valence-electron chi connectivity index (χ4n) is 3.10. The van der Waals surface area contributed by atoms with Crippen LogP contribution < -0.4 is 5.32 Å². The Hall–Kier alpha value is -2.15. The molecule has 2 aromatic rings. The third-order valence-electron chi connectivity index (χ3n) is 4.97. The van der Waals surface area contributed by atoms with Gasteiger partial charge < -0.3 is 15.0 Å². The van der Waals surface area contributed by atoms with Gasteiger partial charge in [-0.3, -0.25) is 9.59 Å². The average Bonchev–Trinajstić information content (AvgIpc) is 2.70. The Labute approximate surface area is 178 Å². The predicted molar refractivity (Wildman–Crippen MR) is 110 cm³/mol. The van der Waals surface area contributed by atoms with Gasteiger partial charge in [0.2, 0.25) is 5.91 Å². The molecule has 0 aliphatic carbocycles. The molecular formula is C21H21Cl2FN2O3. The largest absolute Gasteiger partial charge is 0.370 e. The molecule has 1 atom stereocenters. The van der Waals surface area contributed by atoms with Gasteiger partial charge in [0.05, 0.1) is 24.7 Å². The van der Waals surface area contributed by atoms with Crippen molar-refractivity contribution in [3.63, 3.8) is 0 Å². The minimum Gasteiger partial charge on any atom is -0.370 e. The minimum absolute atomic E-state index is 0.0726. The highest BCUT2D eigenvalue weighted by Crippen LogP contribution is 2.32. The van der Waals surface area contributed by atoms with Crippen molar-refractivity contribution in [2.45, 2.75) is 20.0 Å². The van der Waals surface area contributed by atoms with Crippen LogP contribution in [0.5, 0.6) is 0 Å². The van der Waals surface area contributed by atoms with E-state index in [1.807, 2.05) is 19.9 Å². The second-order valence-electron chi connectivity index (χ2n) is 6.97. The number of benzene rings is 2. The molecule has 0 aromatic heterocycles. The number of amides is 2. The minimum atomic E-state index is -0.598. The smallest absolute Gasteiger partial charge is 0.251 e. The summed E-state index contributed by atoms with van der Waals surface area (Å²) in [5, 5.41) is 2.85. The van der Waals surface area contributed by atoms with E-state index in [0.717, 1.165) is 11.1 Å². The Bertz CT molecular complexity index is 952. The molecule has 0 radical (unpaired) electrons. The molecule has 0 spiro atoms. The fraction of sp³-hybridized carbons (Fsp3) is 0.333. The van der Waals surface area contributed by atoms with Gasteiger partial charge in [-0.05, 0) is 49.2 Å². The van der Waals surface area contributed by atoms with Crippen molar-refractivity contribution in [1.82, 2.24) is 10.2 Å². The number of morpholine rings is 1. The second kappa shape index (κ2) is 9.11. The molecule has 1 fully saturated rings. The van der Waals surface area contributed by atoms with Crippen LogP contribution in [0.2, 0.25) is 10.0 Å². The number of aryl methyl sites for hydroxylation is 2. The molecule has 5 nitrogen and oxygen atoms in total. The number of nitrogens with zero attached hydrogens (tertiary/aromatic N) is 1. The highest BCUT2D eigenvalue weighted by atomic mass is 35.5. The van der Waals surface area contributed by atoms with Gasteiger partial charge in [-0.2, -0.15) is 0 Å². The lowest BCUT2D eigenvalue weighted by Gasteiger charge is -2.33. The highest BCUT2D eigenvalue weighted by molar-refractivity contribution is 6.35. The molecule has 1 aliphatic heterocycles. The van der Waals surface area contributed by atoms with E-state index in [1.54, 1.807) is 17.0 Å². The highest BCUT2D eigenvalue weighted by Gasteiger charge is 2.27. The zero-order valence-corrected chi connectivity index (χ0v) is 17.6. The molecule has 1 unspecified atom stereocenters. The van der Waals surface area contributed by atoms with Crippen LogP contribution in [0, 0.1) is 19.7 Å². The van der Waals surface area contributed by atoms with E-state index in [4.69, 9.17) is 27.9 Å². The molecule has 154 valence electrons. The summed E-state index contributed by atoms with van der Waals surface area (Å²) in [7, 11) is 0. The maximum atomic E-state index is 13.8. The van der Waals surface area contributed by atoms with Crippen molar-refractivity contribution in [2.75, 3.05) is 26.2 Å². The Balaban J connectivity index is 1.62. The first-order chi connectivity index (χ1) is 13.8. The number of rotatable bonds is 4. The summed E-state index contributed by atoms with van der Waals surface area (Å²) in [4.78, 5) is 26.4. The molecule has 0 bridgehead atoms. The number of carbonyl (C=O) groups is 2. The zero-order chi connectivity index (χ0) is 21.1. The van der Waals surface area contributed by atoms with Crippen LogP contribution in [0.1, 0.15) is 33.2 Å². The Morgan fingerprint density at radius 3 is 2.66 bits per heavy atom. The monoisotopic (exact) mass is 438 g/mol. The van der Waals surface area contributed by atoms with Crippen molar-refractivity contribution in [3.05, 3.63) is 68.4 Å². The van der Waals surface area contributed by atoms with Gasteiger partial charge in [-0.25, -0.2) is 4.39 Å². The molecule has 29 heavy (non-hydrogen) atoms. The molecular weight excluding hydrogens is 418 g/mol. The normalized spacial score (nSPS) is 16.6. The summed E-state index contributed by atoms with van der Waals surface area (Å²) >= 11 is 11.9. The summed E-state index contributed by atoms with van der Waals surface area (Å²) in [5.74, 6) is -1.16. The SMILES string of the molecule is Cc1ccc(C(=O)NCC(=O)N2CCOC(c3cc(F)c(Cl)cc3Cl)C2)cc1C. The molecule has 2 amide bonds. The van der Waals surface area contributed by atoms with Crippen LogP contribution in [-0.2, 0) is 9.53 Å². The van der Waals surface area contributed by atoms with Crippen LogP contribution in [0.3, 0.4) is 0 Å². The maximum Gasteiger partial charge on any atom is 0.251 e. The number of halogens is 3. The summed E-state index contributed by atoms with van der Waals surface area (Å²) < 4.78 is 19.5. The first-order valence-corrected chi connectivity index (χ1v) is 9.91. The molecule has 3 rings (SSSR count). The van der Waals surface area contributed by atoms with E-state index in [-0.39, 0.29) is 41.6 Å². The van der Waals surface area contributed by atoms with Gasteiger partial charge in [-0.15, -0.1) is 0 Å². The molecule has 2 aromatic carbocycles. The Morgan fingerprint density at radius 2 is 1.93 bits per heavy atom. The van der Waals surface area contributed by atoms with E-state index >= 15 is 0 Å². The molecule has 8 heteroatoms. The number of ether oxygens (including phenoxy) is 1. The summed E-state index contributed by atoms with van der Waals surface area (Å²) in [5.41, 5.74) is 3.04. The van der Waals surface area contributed by atoms with E-state index in [2.05, 4.69) is 5.32 Å². The van der Waals surface area contributed by atoms with Crippen molar-refractivity contribution in [2.24, 2.45) is 0 Å². The number of nitrogens with one attached hydrogen (secondary N) is 1. The average molecular weight is 439 g/mol. The zero-order valence-electron chi connectivity index (χ0n) is 16.1. The van der Waals surface area contributed by atoms with Crippen molar-refractivity contribution in [1.29, 1.82) is 0 Å². The Kier molecular flexibility index (Phi) is 6.77. The molecule has 1 aliphatic rings. The number of carbonyl (C=O) groups excluding carboxylic acids is 2. The molecule has 0 saturated carbocycles. The van der Waals surface area contributed by atoms with Crippen LogP contribution in [-0.4, -0.2) is 43.0 Å². The van der Waals surface area contributed by atoms with Gasteiger partial charge in [0.25, 0.3) is 5.91 Å². The lowest BCUT2D eigenvalue weighted by molar-refractivity contribution is -0.137. The lowest BCUT2D eigenvalue weighted by atomic mass is 10.1. The number of hydrogen-bond donors (Lipinski definition) is 1. The third-order valence-corrected chi connectivity index (χ3v) is 5.59.